The van der Waals surface area contributed by atoms with E-state index >= 15 is 0 Å². The van der Waals surface area contributed by atoms with Crippen molar-refractivity contribution in [3.05, 3.63) is 111 Å². The molecule has 4 N–H and O–H groups in total. The quantitative estimate of drug-likeness (QED) is 0.0777. The number of amides is 6. The Bertz CT molecular complexity index is 2920. The van der Waals surface area contributed by atoms with Gasteiger partial charge in [-0.3, -0.25) is 28.8 Å². The van der Waals surface area contributed by atoms with Crippen LogP contribution in [0.2, 0.25) is 0 Å². The maximum absolute atomic E-state index is 14.7. The molecule has 3 aliphatic rings. The van der Waals surface area contributed by atoms with Gasteiger partial charge in [0.15, 0.2) is 0 Å². The Balaban J connectivity index is 0.952. The van der Waals surface area contributed by atoms with Crippen molar-refractivity contribution in [3.8, 4) is 26.6 Å². The van der Waals surface area contributed by atoms with Gasteiger partial charge in [-0.05, 0) is 64.6 Å². The van der Waals surface area contributed by atoms with E-state index in [1.54, 1.807) is 61.6 Å². The van der Waals surface area contributed by atoms with E-state index in [2.05, 4.69) is 32.8 Å². The fraction of sp³-hybridized carbons (Fsp3) is 0.474. The number of aliphatic hydroxyl groups excluding tert-OH is 1. The molecular weight excluding hydrogens is 989 g/mol. The zero-order valence-corrected chi connectivity index (χ0v) is 46.2. The number of aromatic nitrogens is 2. The molecule has 3 aliphatic heterocycles. The number of aryl methyl sites for hydroxylation is 2. The van der Waals surface area contributed by atoms with Gasteiger partial charge < -0.3 is 40.5 Å². The second kappa shape index (κ2) is 22.4. The fourth-order valence-corrected chi connectivity index (χ4v) is 11.8. The number of carbonyl (C=O) groups excluding carboxylic acids is 6. The minimum absolute atomic E-state index is 0.0366. The molecule has 3 aromatic carbocycles. The first-order valence-corrected chi connectivity index (χ1v) is 27.5. The van der Waals surface area contributed by atoms with Gasteiger partial charge in [0.2, 0.25) is 29.5 Å². The summed E-state index contributed by atoms with van der Waals surface area (Å²) in [5, 5.41) is 19.8. The monoisotopic (exact) mass is 1060 g/mol. The summed E-state index contributed by atoms with van der Waals surface area (Å²) in [6.07, 6.45) is -0.541. The summed E-state index contributed by atoms with van der Waals surface area (Å²) in [6, 6.07) is 17.2. The van der Waals surface area contributed by atoms with Crippen LogP contribution in [0.5, 0.6) is 5.75 Å². The number of fused-ring (bicyclic) bond motifs is 1. The van der Waals surface area contributed by atoms with E-state index < -0.39 is 59.0 Å². The summed E-state index contributed by atoms with van der Waals surface area (Å²) >= 11 is 3.15. The molecule has 0 spiro atoms. The van der Waals surface area contributed by atoms with Crippen molar-refractivity contribution in [2.75, 3.05) is 13.1 Å². The molecule has 5 heterocycles. The highest BCUT2D eigenvalue weighted by atomic mass is 32.1. The highest BCUT2D eigenvalue weighted by Crippen LogP contribution is 2.35. The summed E-state index contributed by atoms with van der Waals surface area (Å²) in [5.74, 6) is -2.26. The maximum atomic E-state index is 14.7. The van der Waals surface area contributed by atoms with Crippen molar-refractivity contribution in [2.45, 2.75) is 145 Å². The number of nitrogens with one attached hydrogen (secondary N) is 3. The average Bonchev–Trinajstić information content (AvgIpc) is 4.23. The first kappa shape index (κ1) is 54.8. The molecule has 2 aromatic heterocycles. The van der Waals surface area contributed by atoms with Crippen LogP contribution in [0, 0.1) is 23.7 Å². The first-order chi connectivity index (χ1) is 35.5. The summed E-state index contributed by atoms with van der Waals surface area (Å²) in [5.41, 5.74) is 9.02. The number of benzene rings is 3. The van der Waals surface area contributed by atoms with E-state index in [0.29, 0.717) is 16.9 Å². The van der Waals surface area contributed by atoms with Crippen molar-refractivity contribution in [3.63, 3.8) is 0 Å². The van der Waals surface area contributed by atoms with E-state index in [-0.39, 0.29) is 75.1 Å². The lowest BCUT2D eigenvalue weighted by molar-refractivity contribution is -0.145. The zero-order chi connectivity index (χ0) is 54.1. The molecule has 5 aromatic rings. The van der Waals surface area contributed by atoms with Crippen LogP contribution < -0.4 is 20.7 Å². The fourth-order valence-electron chi connectivity index (χ4n) is 10.1. The lowest BCUT2D eigenvalue weighted by Crippen LogP contribution is -2.59. The van der Waals surface area contributed by atoms with E-state index in [4.69, 9.17) is 4.74 Å². The van der Waals surface area contributed by atoms with Crippen LogP contribution in [-0.2, 0) is 50.0 Å². The van der Waals surface area contributed by atoms with Crippen LogP contribution in [0.1, 0.15) is 114 Å². The molecule has 0 saturated carbocycles. The Morgan fingerprint density at radius 2 is 1.35 bits per heavy atom. The SMILES string of the molecule is CCc1ncsc1-c1ccc(CNC(=O)[C@@H]2C[C@@H](O)CN2C(=O)[C@H](C(C)C)N2Cc3ccc(O[C@@H]4C[C@@H](C(=O)NCc5ccc(-c6scnc6C)cc5)N(C(=O)[C@@H](NC(=O)C(C)(C)C)C(C)(C)C)C4)cc3C2=O)cc1. The van der Waals surface area contributed by atoms with Crippen LogP contribution in [0.25, 0.3) is 20.9 Å². The van der Waals surface area contributed by atoms with Crippen LogP contribution in [-0.4, -0.2) is 115 Å². The molecule has 0 aliphatic carbocycles. The highest BCUT2D eigenvalue weighted by Gasteiger charge is 2.48. The minimum Gasteiger partial charge on any atom is -0.488 e. The van der Waals surface area contributed by atoms with Gasteiger partial charge in [0.1, 0.15) is 36.0 Å². The van der Waals surface area contributed by atoms with Crippen LogP contribution in [0.15, 0.2) is 77.8 Å². The van der Waals surface area contributed by atoms with Crippen molar-refractivity contribution in [2.24, 2.45) is 16.7 Å². The first-order valence-electron chi connectivity index (χ1n) is 25.8. The lowest BCUT2D eigenvalue weighted by atomic mass is 9.84. The van der Waals surface area contributed by atoms with Gasteiger partial charge in [0.05, 0.1) is 44.8 Å². The number of ether oxygens (including phenoxy) is 1. The molecule has 75 heavy (non-hydrogen) atoms. The van der Waals surface area contributed by atoms with E-state index in [1.165, 1.54) is 14.7 Å². The number of likely N-dealkylation sites (tertiary alicyclic amines) is 2. The van der Waals surface area contributed by atoms with Gasteiger partial charge in [-0.25, -0.2) is 9.97 Å². The molecule has 16 nitrogen and oxygen atoms in total. The number of aliphatic hydroxyl groups is 1. The Morgan fingerprint density at radius 1 is 0.773 bits per heavy atom. The predicted molar refractivity (Wildman–Crippen MR) is 289 cm³/mol. The van der Waals surface area contributed by atoms with Crippen molar-refractivity contribution < 1.29 is 38.6 Å². The number of nitrogens with zero attached hydrogens (tertiary/aromatic N) is 5. The van der Waals surface area contributed by atoms with Gasteiger partial charge in [-0.2, -0.15) is 0 Å². The zero-order valence-electron chi connectivity index (χ0n) is 44.6. The molecule has 0 radical (unpaired) electrons. The topological polar surface area (TPSA) is 203 Å². The molecule has 8 rings (SSSR count). The van der Waals surface area contributed by atoms with Crippen LogP contribution in [0.3, 0.4) is 0 Å². The van der Waals surface area contributed by atoms with E-state index in [1.807, 2.05) is 101 Å². The van der Waals surface area contributed by atoms with Crippen molar-refractivity contribution >= 4 is 58.1 Å². The number of rotatable bonds is 16. The summed E-state index contributed by atoms with van der Waals surface area (Å²) in [7, 11) is 0. The summed E-state index contributed by atoms with van der Waals surface area (Å²) in [4.78, 5) is 101. The van der Waals surface area contributed by atoms with E-state index in [9.17, 15) is 33.9 Å². The Hall–Kier alpha value is -6.50. The van der Waals surface area contributed by atoms with Crippen molar-refractivity contribution in [1.29, 1.82) is 0 Å². The minimum atomic E-state index is -0.956. The molecule has 0 unspecified atom stereocenters. The second-order valence-electron chi connectivity index (χ2n) is 22.4. The number of hydrogen-bond donors (Lipinski definition) is 4. The molecule has 0 bridgehead atoms. The number of hydrogen-bond acceptors (Lipinski definition) is 12. The highest BCUT2D eigenvalue weighted by molar-refractivity contribution is 7.13. The summed E-state index contributed by atoms with van der Waals surface area (Å²) in [6.45, 7) is 19.3. The normalized spacial score (nSPS) is 19.5. The Kier molecular flexibility index (Phi) is 16.3. The smallest absolute Gasteiger partial charge is 0.255 e. The van der Waals surface area contributed by atoms with Gasteiger partial charge in [-0.15, -0.1) is 22.7 Å². The second-order valence-corrected chi connectivity index (χ2v) is 24.1. The average molecular weight is 1060 g/mol. The standard InChI is InChI=1S/C57H70N8O8S2/c1-11-43-48(75-31-61-43)37-18-14-35(15-19-37)25-58-50(67)44-22-39(66)28-63(44)53(70)46(32(2)3)65-27-38-20-21-40(23-42(38)52(65)69)73-41-24-45(64(29-41)54(71)49(56(5,6)7)62-55(72)57(8,9)10)51(68)59-26-34-12-16-36(17-13-34)47-33(4)60-30-74-47/h12-21,23,30-32,39,41,44-46,49,66H,11,22,24-29H2,1-10H3,(H,58,67)(H,59,68)(H,62,72)/t39-,41-,44+,45+,46+,49-/m1/s1. The maximum Gasteiger partial charge on any atom is 0.255 e. The molecule has 6 atom stereocenters. The van der Waals surface area contributed by atoms with Gasteiger partial charge in [0, 0.05) is 50.0 Å². The lowest BCUT2D eigenvalue weighted by Gasteiger charge is -2.36. The predicted octanol–water partition coefficient (Wildman–Crippen LogP) is 7.30. The number of thiazole rings is 2. The molecule has 18 heteroatoms. The van der Waals surface area contributed by atoms with Crippen LogP contribution in [0.4, 0.5) is 0 Å². The third kappa shape index (κ3) is 12.1. The van der Waals surface area contributed by atoms with E-state index in [0.717, 1.165) is 49.8 Å². The van der Waals surface area contributed by atoms with Gasteiger partial charge >= 0.3 is 0 Å². The Morgan fingerprint density at radius 3 is 1.91 bits per heavy atom. The molecule has 2 fully saturated rings. The Labute approximate surface area is 447 Å². The van der Waals surface area contributed by atoms with Gasteiger partial charge in [0.25, 0.3) is 5.91 Å². The summed E-state index contributed by atoms with van der Waals surface area (Å²) < 4.78 is 6.56. The number of carbonyl (C=O) groups is 6. The molecule has 2 saturated heterocycles. The van der Waals surface area contributed by atoms with Gasteiger partial charge in [-0.1, -0.05) is 117 Å². The van der Waals surface area contributed by atoms with Crippen LogP contribution >= 0.6 is 22.7 Å². The molecule has 398 valence electrons. The van der Waals surface area contributed by atoms with Crippen molar-refractivity contribution in [1.82, 2.24) is 40.6 Å². The molecule has 6 amide bonds. The third-order valence-electron chi connectivity index (χ3n) is 14.3. The molecular formula is C57H70N8O8S2. The number of β-amino-alcohol motifs (C(OH)–C–C–N with tert-alkyl or cyclic N) is 1. The largest absolute Gasteiger partial charge is 0.488 e. The third-order valence-corrected chi connectivity index (χ3v) is 16.2.